The van der Waals surface area contributed by atoms with Gasteiger partial charge in [0.25, 0.3) is 5.91 Å². The lowest BCUT2D eigenvalue weighted by Crippen LogP contribution is -2.45. The average Bonchev–Trinajstić information content (AvgIpc) is 3.13. The third-order valence-electron chi connectivity index (χ3n) is 5.40. The third-order valence-corrected chi connectivity index (χ3v) is 6.62. The average molecular weight is 460 g/mol. The summed E-state index contributed by atoms with van der Waals surface area (Å²) in [4.78, 5) is 29.3. The molecule has 0 aromatic heterocycles. The van der Waals surface area contributed by atoms with Gasteiger partial charge in [-0.3, -0.25) is 14.3 Å². The summed E-state index contributed by atoms with van der Waals surface area (Å²) in [6.07, 6.45) is 0.454. The molecule has 170 valence electrons. The number of benzene rings is 3. The number of hydrogen-bond donors (Lipinski definition) is 2. The normalized spacial score (nSPS) is 14.2. The van der Waals surface area contributed by atoms with E-state index >= 15 is 0 Å². The van der Waals surface area contributed by atoms with E-state index in [9.17, 15) is 9.59 Å². The molecule has 2 N–H and O–H groups in total. The predicted molar refractivity (Wildman–Crippen MR) is 134 cm³/mol. The van der Waals surface area contributed by atoms with Gasteiger partial charge in [-0.15, -0.1) is 0 Å². The molecular weight excluding hydrogens is 430 g/mol. The second-order valence-electron chi connectivity index (χ2n) is 9.26. The van der Waals surface area contributed by atoms with Crippen molar-refractivity contribution in [2.75, 3.05) is 5.32 Å². The molecule has 3 aromatic rings. The van der Waals surface area contributed by atoms with Gasteiger partial charge < -0.3 is 10.2 Å². The van der Waals surface area contributed by atoms with Crippen molar-refractivity contribution in [1.29, 1.82) is 0 Å². The zero-order valence-electron chi connectivity index (χ0n) is 19.2. The molecule has 5 nitrogen and oxygen atoms in total. The second-order valence-corrected chi connectivity index (χ2v) is 10.1. The lowest BCUT2D eigenvalue weighted by molar-refractivity contribution is -0.120. The quantitative estimate of drug-likeness (QED) is 0.472. The maximum atomic E-state index is 13.4. The lowest BCUT2D eigenvalue weighted by atomic mass is 10.0. The first-order chi connectivity index (χ1) is 15.8. The number of nitrogens with zero attached hydrogens (tertiary/aromatic N) is 1. The molecule has 0 fully saturated rings. The van der Waals surface area contributed by atoms with Gasteiger partial charge in [0.15, 0.2) is 0 Å². The Morgan fingerprint density at radius 1 is 0.970 bits per heavy atom. The highest BCUT2D eigenvalue weighted by atomic mass is 32.2. The Morgan fingerprint density at radius 2 is 1.64 bits per heavy atom. The predicted octanol–water partition coefficient (Wildman–Crippen LogP) is 5.29. The van der Waals surface area contributed by atoms with E-state index in [1.807, 2.05) is 78.9 Å². The van der Waals surface area contributed by atoms with E-state index in [4.69, 9.17) is 0 Å². The highest BCUT2D eigenvalue weighted by Crippen LogP contribution is 2.27. The van der Waals surface area contributed by atoms with Crippen LogP contribution in [-0.2, 0) is 17.8 Å². The topological polar surface area (TPSA) is 61.4 Å². The van der Waals surface area contributed by atoms with Crippen LogP contribution in [0.4, 0.5) is 5.69 Å². The van der Waals surface area contributed by atoms with E-state index in [1.165, 1.54) is 0 Å². The minimum absolute atomic E-state index is 0.00204. The van der Waals surface area contributed by atoms with Crippen LogP contribution in [0, 0.1) is 0 Å². The minimum atomic E-state index is -0.607. The van der Waals surface area contributed by atoms with Gasteiger partial charge in [-0.1, -0.05) is 48.5 Å². The SMILES string of the molecule is CC(C)(C)NSc1ccc(NC(=O)[C@H](Cc2ccccc2)N2Cc3ccccc3C2=O)cc1. The molecule has 1 atom stereocenters. The van der Waals surface area contributed by atoms with Crippen molar-refractivity contribution < 1.29 is 9.59 Å². The van der Waals surface area contributed by atoms with Crippen molar-refractivity contribution in [3.63, 3.8) is 0 Å². The molecule has 1 aliphatic heterocycles. The van der Waals surface area contributed by atoms with Crippen LogP contribution in [0.25, 0.3) is 0 Å². The van der Waals surface area contributed by atoms with Gasteiger partial charge in [0.2, 0.25) is 5.91 Å². The van der Waals surface area contributed by atoms with Crippen LogP contribution in [0.1, 0.15) is 42.3 Å². The fourth-order valence-electron chi connectivity index (χ4n) is 3.75. The summed E-state index contributed by atoms with van der Waals surface area (Å²) in [5.74, 6) is -0.282. The van der Waals surface area contributed by atoms with Crippen molar-refractivity contribution in [3.8, 4) is 0 Å². The largest absolute Gasteiger partial charge is 0.324 e. The number of carbonyl (C=O) groups excluding carboxylic acids is 2. The molecule has 0 saturated carbocycles. The molecule has 4 rings (SSSR count). The van der Waals surface area contributed by atoms with Crippen LogP contribution in [0.5, 0.6) is 0 Å². The molecule has 2 amide bonds. The van der Waals surface area contributed by atoms with E-state index in [-0.39, 0.29) is 17.4 Å². The molecule has 1 heterocycles. The Bertz CT molecular complexity index is 1120. The van der Waals surface area contributed by atoms with Crippen molar-refractivity contribution in [1.82, 2.24) is 9.62 Å². The fourth-order valence-corrected chi connectivity index (χ4v) is 4.45. The molecule has 0 aliphatic carbocycles. The van der Waals surface area contributed by atoms with Crippen LogP contribution in [0.3, 0.4) is 0 Å². The first kappa shape index (κ1) is 23.1. The van der Waals surface area contributed by atoms with Crippen LogP contribution < -0.4 is 10.0 Å². The van der Waals surface area contributed by atoms with Crippen LogP contribution >= 0.6 is 11.9 Å². The van der Waals surface area contributed by atoms with Gasteiger partial charge in [0, 0.05) is 34.7 Å². The van der Waals surface area contributed by atoms with E-state index in [0.717, 1.165) is 16.0 Å². The van der Waals surface area contributed by atoms with Gasteiger partial charge in [-0.25, -0.2) is 0 Å². The van der Waals surface area contributed by atoms with E-state index in [0.29, 0.717) is 24.2 Å². The summed E-state index contributed by atoms with van der Waals surface area (Å²) in [7, 11) is 0. The number of hydrogen-bond acceptors (Lipinski definition) is 4. The zero-order valence-corrected chi connectivity index (χ0v) is 20.0. The summed E-state index contributed by atoms with van der Waals surface area (Å²) in [6.45, 7) is 6.77. The van der Waals surface area contributed by atoms with E-state index < -0.39 is 6.04 Å². The smallest absolute Gasteiger partial charge is 0.255 e. The van der Waals surface area contributed by atoms with E-state index in [2.05, 4.69) is 30.8 Å². The Balaban J connectivity index is 1.51. The van der Waals surface area contributed by atoms with E-state index in [1.54, 1.807) is 16.8 Å². The number of nitrogens with one attached hydrogen (secondary N) is 2. The maximum Gasteiger partial charge on any atom is 0.255 e. The zero-order chi connectivity index (χ0) is 23.4. The standard InChI is InChI=1S/C27H29N3O2S/c1-27(2,3)29-33-22-15-13-21(14-16-22)28-25(31)24(17-19-9-5-4-6-10-19)30-18-20-11-7-8-12-23(20)26(30)32/h4-16,24,29H,17-18H2,1-3H3,(H,28,31)/t24-/m0/s1. The van der Waals surface area contributed by atoms with Crippen molar-refractivity contribution in [3.05, 3.63) is 95.6 Å². The van der Waals surface area contributed by atoms with Crippen molar-refractivity contribution in [2.24, 2.45) is 0 Å². The van der Waals surface area contributed by atoms with Gasteiger partial charge >= 0.3 is 0 Å². The van der Waals surface area contributed by atoms with Crippen molar-refractivity contribution >= 4 is 29.4 Å². The van der Waals surface area contributed by atoms with Crippen LogP contribution in [-0.4, -0.2) is 28.3 Å². The Labute approximate surface area is 199 Å². The highest BCUT2D eigenvalue weighted by molar-refractivity contribution is 7.97. The number of anilines is 1. The van der Waals surface area contributed by atoms with Gasteiger partial charge in [-0.2, -0.15) is 0 Å². The molecule has 0 radical (unpaired) electrons. The van der Waals surface area contributed by atoms with Gasteiger partial charge in [0.1, 0.15) is 6.04 Å². The van der Waals surface area contributed by atoms with Gasteiger partial charge in [0.05, 0.1) is 0 Å². The molecule has 0 unspecified atom stereocenters. The monoisotopic (exact) mass is 459 g/mol. The Hall–Kier alpha value is -3.09. The molecule has 3 aromatic carbocycles. The summed E-state index contributed by atoms with van der Waals surface area (Å²) in [5.41, 5.74) is 3.36. The minimum Gasteiger partial charge on any atom is -0.324 e. The summed E-state index contributed by atoms with van der Waals surface area (Å²) >= 11 is 1.56. The highest BCUT2D eigenvalue weighted by Gasteiger charge is 2.36. The molecule has 33 heavy (non-hydrogen) atoms. The molecule has 0 spiro atoms. The molecule has 1 aliphatic rings. The first-order valence-corrected chi connectivity index (χ1v) is 11.9. The summed E-state index contributed by atoms with van der Waals surface area (Å²) in [6, 6.07) is 24.5. The van der Waals surface area contributed by atoms with Crippen LogP contribution in [0.2, 0.25) is 0 Å². The third kappa shape index (κ3) is 5.83. The molecular formula is C27H29N3O2S. The molecule has 0 saturated heterocycles. The van der Waals surface area contributed by atoms with Crippen LogP contribution in [0.15, 0.2) is 83.8 Å². The maximum absolute atomic E-state index is 13.4. The molecule has 6 heteroatoms. The number of fused-ring (bicyclic) bond motifs is 1. The van der Waals surface area contributed by atoms with Crippen molar-refractivity contribution in [2.45, 2.75) is 50.2 Å². The number of rotatable bonds is 7. The Morgan fingerprint density at radius 3 is 2.30 bits per heavy atom. The lowest BCUT2D eigenvalue weighted by Gasteiger charge is -2.27. The van der Waals surface area contributed by atoms with Gasteiger partial charge in [-0.05, 0) is 74.2 Å². The Kier molecular flexibility index (Phi) is 6.86. The summed E-state index contributed by atoms with van der Waals surface area (Å²) in [5, 5.41) is 3.02. The number of amides is 2. The number of carbonyl (C=O) groups is 2. The summed E-state index contributed by atoms with van der Waals surface area (Å²) < 4.78 is 3.38. The second kappa shape index (κ2) is 9.81. The first-order valence-electron chi connectivity index (χ1n) is 11.1. The fraction of sp³-hybridized carbons (Fsp3) is 0.259. The molecule has 0 bridgehead atoms.